The fourth-order valence-electron chi connectivity index (χ4n) is 2.35. The summed E-state index contributed by atoms with van der Waals surface area (Å²) < 4.78 is 6.98. The van der Waals surface area contributed by atoms with E-state index in [9.17, 15) is 4.79 Å². The summed E-state index contributed by atoms with van der Waals surface area (Å²) in [5.41, 5.74) is 1.95. The van der Waals surface area contributed by atoms with Crippen molar-refractivity contribution in [3.63, 3.8) is 0 Å². The minimum absolute atomic E-state index is 0.181. The van der Waals surface area contributed by atoms with Gasteiger partial charge in [-0.3, -0.25) is 9.36 Å². The Hall–Kier alpha value is -3.31. The molecule has 0 bridgehead atoms. The number of ether oxygens (including phenoxy) is 1. The maximum Gasteiger partial charge on any atom is 0.237 e. The fraction of sp³-hybridized carbons (Fsp3) is 0.158. The number of anilines is 1. The Kier molecular flexibility index (Phi) is 5.74. The molecule has 27 heavy (non-hydrogen) atoms. The van der Waals surface area contributed by atoms with E-state index in [-0.39, 0.29) is 5.91 Å². The molecule has 136 valence electrons. The van der Waals surface area contributed by atoms with Crippen LogP contribution in [0, 0.1) is 11.3 Å². The van der Waals surface area contributed by atoms with E-state index >= 15 is 0 Å². The number of hydrogen-bond acceptors (Lipinski definition) is 6. The van der Waals surface area contributed by atoms with Gasteiger partial charge < -0.3 is 10.1 Å². The van der Waals surface area contributed by atoms with E-state index in [1.54, 1.807) is 44.6 Å². The smallest absolute Gasteiger partial charge is 0.237 e. The van der Waals surface area contributed by atoms with Gasteiger partial charge in [0.2, 0.25) is 5.91 Å². The van der Waals surface area contributed by atoms with Crippen LogP contribution in [0.5, 0.6) is 5.75 Å². The minimum Gasteiger partial charge on any atom is -0.497 e. The largest absolute Gasteiger partial charge is 0.497 e. The molecular weight excluding hydrogens is 362 g/mol. The summed E-state index contributed by atoms with van der Waals surface area (Å²) in [5, 5.41) is 20.0. The molecule has 0 spiro atoms. The number of nitrogens with zero attached hydrogens (tertiary/aromatic N) is 4. The van der Waals surface area contributed by atoms with E-state index in [1.807, 2.05) is 28.8 Å². The zero-order chi connectivity index (χ0) is 19.2. The third-order valence-corrected chi connectivity index (χ3v) is 4.83. The lowest BCUT2D eigenvalue weighted by Gasteiger charge is -2.13. The third kappa shape index (κ3) is 4.46. The third-order valence-electron chi connectivity index (χ3n) is 3.78. The molecule has 0 saturated carbocycles. The lowest BCUT2D eigenvalue weighted by Crippen LogP contribution is -2.22. The Bertz CT molecular complexity index is 978. The van der Waals surface area contributed by atoms with Crippen molar-refractivity contribution in [2.24, 2.45) is 0 Å². The molecule has 1 atom stereocenters. The molecule has 0 unspecified atom stereocenters. The van der Waals surface area contributed by atoms with Crippen LogP contribution < -0.4 is 10.1 Å². The highest BCUT2D eigenvalue weighted by atomic mass is 32.2. The lowest BCUT2D eigenvalue weighted by molar-refractivity contribution is -0.115. The first-order chi connectivity index (χ1) is 13.1. The van der Waals surface area contributed by atoms with Crippen LogP contribution in [0.4, 0.5) is 5.69 Å². The second kappa shape index (κ2) is 8.38. The molecule has 1 aromatic heterocycles. The van der Waals surface area contributed by atoms with Crippen LogP contribution >= 0.6 is 11.8 Å². The van der Waals surface area contributed by atoms with E-state index < -0.39 is 5.25 Å². The van der Waals surface area contributed by atoms with Crippen molar-refractivity contribution < 1.29 is 9.53 Å². The zero-order valence-electron chi connectivity index (χ0n) is 14.8. The van der Waals surface area contributed by atoms with Crippen LogP contribution in [-0.4, -0.2) is 33.0 Å². The summed E-state index contributed by atoms with van der Waals surface area (Å²) in [6.07, 6.45) is 1.60. The molecule has 1 heterocycles. The molecule has 0 aliphatic rings. The van der Waals surface area contributed by atoms with Crippen molar-refractivity contribution in [1.82, 2.24) is 14.8 Å². The number of benzene rings is 2. The van der Waals surface area contributed by atoms with Crippen molar-refractivity contribution in [3.05, 3.63) is 60.4 Å². The van der Waals surface area contributed by atoms with Gasteiger partial charge in [0.1, 0.15) is 12.1 Å². The van der Waals surface area contributed by atoms with Crippen molar-refractivity contribution in [3.8, 4) is 17.5 Å². The van der Waals surface area contributed by atoms with E-state index in [1.165, 1.54) is 11.8 Å². The number of nitriles is 1. The fourth-order valence-corrected chi connectivity index (χ4v) is 3.19. The maximum absolute atomic E-state index is 12.5. The average Bonchev–Trinajstić information content (AvgIpc) is 3.16. The van der Waals surface area contributed by atoms with Gasteiger partial charge in [0, 0.05) is 11.4 Å². The molecule has 0 aliphatic heterocycles. The number of carbonyl (C=O) groups is 1. The van der Waals surface area contributed by atoms with Crippen LogP contribution in [0.25, 0.3) is 5.69 Å². The Labute approximate surface area is 161 Å². The van der Waals surface area contributed by atoms with Crippen molar-refractivity contribution in [1.29, 1.82) is 5.26 Å². The molecule has 0 saturated heterocycles. The molecule has 0 radical (unpaired) electrons. The standard InChI is InChI=1S/C19H17N5O2S/c1-13(18(25)22-15-5-3-4-14(10-15)11-20)27-19-23-21-12-24(19)16-6-8-17(26-2)9-7-16/h3-10,12-13H,1-2H3,(H,22,25)/t13-/m0/s1. The van der Waals surface area contributed by atoms with E-state index in [2.05, 4.69) is 21.6 Å². The summed E-state index contributed by atoms with van der Waals surface area (Å²) in [4.78, 5) is 12.5. The Morgan fingerprint density at radius 3 is 2.78 bits per heavy atom. The van der Waals surface area contributed by atoms with Gasteiger partial charge in [-0.25, -0.2) is 0 Å². The number of nitrogens with one attached hydrogen (secondary N) is 1. The number of hydrogen-bond donors (Lipinski definition) is 1. The van der Waals surface area contributed by atoms with Gasteiger partial charge >= 0.3 is 0 Å². The van der Waals surface area contributed by atoms with Crippen LogP contribution in [-0.2, 0) is 4.79 Å². The van der Waals surface area contributed by atoms with Gasteiger partial charge in [0.15, 0.2) is 5.16 Å². The van der Waals surface area contributed by atoms with Gasteiger partial charge in [-0.05, 0) is 49.4 Å². The summed E-state index contributed by atoms with van der Waals surface area (Å²) in [5.74, 6) is 0.577. The lowest BCUT2D eigenvalue weighted by atomic mass is 10.2. The molecule has 3 aromatic rings. The summed E-state index contributed by atoms with van der Waals surface area (Å²) in [6.45, 7) is 1.79. The SMILES string of the molecule is COc1ccc(-n2cnnc2S[C@@H](C)C(=O)Nc2cccc(C#N)c2)cc1. The zero-order valence-corrected chi connectivity index (χ0v) is 15.6. The van der Waals surface area contributed by atoms with Crippen LogP contribution in [0.1, 0.15) is 12.5 Å². The molecule has 1 amide bonds. The highest BCUT2D eigenvalue weighted by molar-refractivity contribution is 8.00. The summed E-state index contributed by atoms with van der Waals surface area (Å²) in [6, 6.07) is 16.3. The van der Waals surface area contributed by atoms with Gasteiger partial charge in [-0.2, -0.15) is 5.26 Å². The number of thioether (sulfide) groups is 1. The van der Waals surface area contributed by atoms with Gasteiger partial charge in [-0.1, -0.05) is 17.8 Å². The molecule has 0 aliphatic carbocycles. The quantitative estimate of drug-likeness (QED) is 0.661. The number of amides is 1. The monoisotopic (exact) mass is 379 g/mol. The van der Waals surface area contributed by atoms with Crippen molar-refractivity contribution in [2.75, 3.05) is 12.4 Å². The van der Waals surface area contributed by atoms with Crippen LogP contribution in [0.15, 0.2) is 60.0 Å². The van der Waals surface area contributed by atoms with Gasteiger partial charge in [0.25, 0.3) is 0 Å². The highest BCUT2D eigenvalue weighted by Crippen LogP contribution is 2.25. The topological polar surface area (TPSA) is 92.8 Å². The molecule has 0 fully saturated rings. The van der Waals surface area contributed by atoms with Crippen LogP contribution in [0.3, 0.4) is 0 Å². The molecule has 1 N–H and O–H groups in total. The van der Waals surface area contributed by atoms with Crippen molar-refractivity contribution >= 4 is 23.4 Å². The minimum atomic E-state index is -0.406. The number of carbonyl (C=O) groups excluding carboxylic acids is 1. The first-order valence-electron chi connectivity index (χ1n) is 8.13. The number of rotatable bonds is 6. The first-order valence-corrected chi connectivity index (χ1v) is 9.01. The molecule has 2 aromatic carbocycles. The van der Waals surface area contributed by atoms with E-state index in [0.29, 0.717) is 16.4 Å². The first kappa shape index (κ1) is 18.5. The second-order valence-electron chi connectivity index (χ2n) is 5.62. The summed E-state index contributed by atoms with van der Waals surface area (Å²) in [7, 11) is 1.61. The normalized spacial score (nSPS) is 11.4. The Morgan fingerprint density at radius 2 is 2.07 bits per heavy atom. The Morgan fingerprint density at radius 1 is 1.30 bits per heavy atom. The molecule has 7 nitrogen and oxygen atoms in total. The molecular formula is C19H17N5O2S. The predicted octanol–water partition coefficient (Wildman–Crippen LogP) is 3.27. The molecule has 8 heteroatoms. The van der Waals surface area contributed by atoms with Gasteiger partial charge in [-0.15, -0.1) is 10.2 Å². The predicted molar refractivity (Wildman–Crippen MR) is 103 cm³/mol. The maximum atomic E-state index is 12.5. The molecule has 3 rings (SSSR count). The van der Waals surface area contributed by atoms with Crippen LogP contribution in [0.2, 0.25) is 0 Å². The van der Waals surface area contributed by atoms with E-state index in [4.69, 9.17) is 10.00 Å². The van der Waals surface area contributed by atoms with Gasteiger partial charge in [0.05, 0.1) is 24.0 Å². The van der Waals surface area contributed by atoms with E-state index in [0.717, 1.165) is 11.4 Å². The summed E-state index contributed by atoms with van der Waals surface area (Å²) >= 11 is 1.30. The number of aromatic nitrogens is 3. The Balaban J connectivity index is 1.70. The highest BCUT2D eigenvalue weighted by Gasteiger charge is 2.18. The second-order valence-corrected chi connectivity index (χ2v) is 6.93. The number of methoxy groups -OCH3 is 1. The average molecular weight is 379 g/mol. The van der Waals surface area contributed by atoms with Crippen molar-refractivity contribution in [2.45, 2.75) is 17.3 Å².